The first-order chi connectivity index (χ1) is 35.4. The van der Waals surface area contributed by atoms with E-state index < -0.39 is 176 Å². The Hall–Kier alpha value is -3.32. The number of rotatable bonds is 15. The summed E-state index contributed by atoms with van der Waals surface area (Å²) in [5, 5.41) is 119. The number of hydrogen-bond acceptors (Lipinski definition) is 24. The second-order valence-corrected chi connectivity index (χ2v) is 21.0. The highest BCUT2D eigenvalue weighted by Gasteiger charge is 2.51. The quantitative estimate of drug-likeness (QED) is 0.106. The van der Waals surface area contributed by atoms with Crippen molar-refractivity contribution in [2.45, 2.75) is 234 Å². The maximum Gasteiger partial charge on any atom is 0.202 e. The fraction of sp³-hybridized carbons (Fsp3) is 0.765. The fourth-order valence-electron chi connectivity index (χ4n) is 11.0. The molecule has 5 aliphatic heterocycles. The van der Waals surface area contributed by atoms with Gasteiger partial charge < -0.3 is 108 Å². The van der Waals surface area contributed by atoms with Crippen LogP contribution in [-0.4, -0.2) is 222 Å². The van der Waals surface area contributed by atoms with Crippen LogP contribution in [0.5, 0.6) is 17.2 Å². The van der Waals surface area contributed by atoms with Crippen molar-refractivity contribution in [1.29, 1.82) is 0 Å². The summed E-state index contributed by atoms with van der Waals surface area (Å²) < 4.78 is 66.3. The van der Waals surface area contributed by atoms with Gasteiger partial charge in [0.15, 0.2) is 36.7 Å². The normalized spacial score (nSPS) is 41.9. The molecule has 0 saturated carbocycles. The molecule has 6 aliphatic rings. The Morgan fingerprint density at radius 3 is 1.49 bits per heavy atom. The van der Waals surface area contributed by atoms with Crippen LogP contribution in [0.2, 0.25) is 0 Å². The van der Waals surface area contributed by atoms with E-state index in [1.165, 1.54) is 40.0 Å². The number of carbonyl (C=O) groups is 2. The Kier molecular flexibility index (Phi) is 18.2. The summed E-state index contributed by atoms with van der Waals surface area (Å²) in [4.78, 5) is 28.9. The minimum Gasteiger partial charge on any atom is -0.507 e. The Bertz CT molecular complexity index is 2290. The van der Waals surface area contributed by atoms with Gasteiger partial charge in [-0.3, -0.25) is 9.59 Å². The third kappa shape index (κ3) is 12.0. The second-order valence-electron chi connectivity index (χ2n) is 21.0. The van der Waals surface area contributed by atoms with Gasteiger partial charge in [-0.15, -0.1) is 0 Å². The molecule has 2 unspecified atom stereocenters. The zero-order chi connectivity index (χ0) is 54.6. The number of phenols is 2. The van der Waals surface area contributed by atoms with Crippen molar-refractivity contribution in [1.82, 2.24) is 0 Å². The molecule has 2 aromatic rings. The lowest BCUT2D eigenvalue weighted by Crippen LogP contribution is -2.57. The number of aliphatic hydroxyl groups excluding tert-OH is 9. The Balaban J connectivity index is 1.04. The lowest BCUT2D eigenvalue weighted by molar-refractivity contribution is -0.329. The van der Waals surface area contributed by atoms with Gasteiger partial charge in [-0.05, 0) is 78.0 Å². The van der Waals surface area contributed by atoms with Crippen molar-refractivity contribution in [2.75, 3.05) is 7.11 Å². The summed E-state index contributed by atoms with van der Waals surface area (Å²) in [5.41, 5.74) is 0.0678. The van der Waals surface area contributed by atoms with E-state index in [0.717, 1.165) is 0 Å². The molecule has 1 aliphatic carbocycles. The van der Waals surface area contributed by atoms with E-state index in [1.54, 1.807) is 27.7 Å². The van der Waals surface area contributed by atoms with Crippen molar-refractivity contribution < 1.29 is 118 Å². The number of Topliss-reactive ketones (excluding diaryl/α,β-unsaturated/α-hetero) is 2. The molecule has 25 atom stereocenters. The van der Waals surface area contributed by atoms with Crippen LogP contribution in [0.25, 0.3) is 10.8 Å². The van der Waals surface area contributed by atoms with Gasteiger partial charge in [0.25, 0.3) is 0 Å². The molecular weight excluding hydrogens is 997 g/mol. The van der Waals surface area contributed by atoms with Crippen molar-refractivity contribution in [3.63, 3.8) is 0 Å². The molecule has 8 rings (SSSR count). The molecule has 11 N–H and O–H groups in total. The molecule has 0 aromatic heterocycles. The number of hydrogen-bond donors (Lipinski definition) is 11. The number of phenolic OH excluding ortho intramolecular Hbond substituents is 2. The zero-order valence-corrected chi connectivity index (χ0v) is 43.1. The summed E-state index contributed by atoms with van der Waals surface area (Å²) in [6.07, 6.45) is -27.9. The van der Waals surface area contributed by atoms with Gasteiger partial charge >= 0.3 is 0 Å². The van der Waals surface area contributed by atoms with Gasteiger partial charge in [0, 0.05) is 50.7 Å². The van der Waals surface area contributed by atoms with Gasteiger partial charge in [0.2, 0.25) is 6.29 Å². The van der Waals surface area contributed by atoms with E-state index >= 15 is 4.79 Å². The number of methoxy groups -OCH3 is 1. The smallest absolute Gasteiger partial charge is 0.202 e. The molecule has 24 nitrogen and oxygen atoms in total. The minimum absolute atomic E-state index is 0.0357. The van der Waals surface area contributed by atoms with Crippen LogP contribution in [0, 0.1) is 12.8 Å². The molecule has 5 fully saturated rings. The molecule has 24 heteroatoms. The lowest BCUT2D eigenvalue weighted by atomic mass is 9.75. The Morgan fingerprint density at radius 2 is 1.04 bits per heavy atom. The molecule has 0 spiro atoms. The monoisotopic (exact) mass is 1070 g/mol. The summed E-state index contributed by atoms with van der Waals surface area (Å²) in [6, 6.07) is 3.03. The highest BCUT2D eigenvalue weighted by Crippen LogP contribution is 2.47. The fourth-order valence-corrected chi connectivity index (χ4v) is 11.0. The van der Waals surface area contributed by atoms with Crippen molar-refractivity contribution in [3.05, 3.63) is 28.8 Å². The van der Waals surface area contributed by atoms with Gasteiger partial charge in [0.1, 0.15) is 66.1 Å². The molecule has 75 heavy (non-hydrogen) atoms. The van der Waals surface area contributed by atoms with Crippen molar-refractivity contribution >= 4 is 22.3 Å². The average Bonchev–Trinajstić information content (AvgIpc) is 3.34. The van der Waals surface area contributed by atoms with Crippen LogP contribution in [0.4, 0.5) is 0 Å². The van der Waals surface area contributed by atoms with Crippen LogP contribution < -0.4 is 4.74 Å². The summed E-state index contributed by atoms with van der Waals surface area (Å²) >= 11 is 0. The lowest BCUT2D eigenvalue weighted by Gasteiger charge is -2.45. The van der Waals surface area contributed by atoms with E-state index in [9.17, 15) is 61.0 Å². The highest BCUT2D eigenvalue weighted by molar-refractivity contribution is 6.11. The van der Waals surface area contributed by atoms with Crippen molar-refractivity contribution in [3.8, 4) is 17.2 Å². The predicted octanol–water partition coefficient (Wildman–Crippen LogP) is -0.639. The largest absolute Gasteiger partial charge is 0.507 e. The maximum absolute atomic E-state index is 15.0. The maximum atomic E-state index is 15.0. The van der Waals surface area contributed by atoms with E-state index in [1.807, 2.05) is 0 Å². The molecule has 0 amide bonds. The molecule has 0 bridgehead atoms. The minimum atomic E-state index is -1.95. The van der Waals surface area contributed by atoms with Gasteiger partial charge in [-0.25, -0.2) is 0 Å². The number of ether oxygens (including phenoxy) is 11. The number of ketones is 2. The first-order valence-electron chi connectivity index (χ1n) is 25.7. The SMILES string of the molecule is CO[C@H](C(=O)[C@@H](O)[C@@H](C)O)[C@@H]1Cc2cc3cc(OC4C[C@@H](O[C@H]5C[C@@H](O)[C@H](O)[C@@H](C)O5)[C@H](O)[C@@H](C)O4)c(C)c(O)c3c(O)c2C(=O)[C@H]1OC1C[C@@H](O[C@H]2C[C@@H](O[C@H]3C[C@H](O)[C@H](O)[C@@H](C)O3)[C@@H](O)[C@@H](C)O2)[C@H](O)[C@@H](C)O1. The van der Waals surface area contributed by atoms with E-state index in [-0.39, 0.29) is 71.7 Å². The average molecular weight is 1070 g/mol. The highest BCUT2D eigenvalue weighted by atomic mass is 16.7. The van der Waals surface area contributed by atoms with Gasteiger partial charge in [0.05, 0.1) is 78.1 Å². The molecule has 0 radical (unpaired) electrons. The predicted molar refractivity (Wildman–Crippen MR) is 254 cm³/mol. The third-order valence-electron chi connectivity index (χ3n) is 15.5. The van der Waals surface area contributed by atoms with E-state index in [0.29, 0.717) is 0 Å². The van der Waals surface area contributed by atoms with Crippen LogP contribution >= 0.6 is 0 Å². The molecule has 5 heterocycles. The van der Waals surface area contributed by atoms with Crippen LogP contribution in [0.1, 0.15) is 95.1 Å². The van der Waals surface area contributed by atoms with E-state index in [4.69, 9.17) is 52.1 Å². The van der Waals surface area contributed by atoms with Gasteiger partial charge in [-0.1, -0.05) is 0 Å². The first-order valence-corrected chi connectivity index (χ1v) is 25.7. The summed E-state index contributed by atoms with van der Waals surface area (Å²) in [6.45, 7) is 10.6. The number of carbonyl (C=O) groups excluding carboxylic acids is 2. The second kappa shape index (κ2) is 23.6. The number of aromatic hydroxyl groups is 2. The molecular formula is C51H74O24. The number of aliphatic hydroxyl groups is 9. The van der Waals surface area contributed by atoms with Crippen LogP contribution in [-0.2, 0) is 58.6 Å². The Morgan fingerprint density at radius 1 is 0.613 bits per heavy atom. The summed E-state index contributed by atoms with van der Waals surface area (Å²) in [7, 11) is 1.18. The molecule has 5 saturated heterocycles. The van der Waals surface area contributed by atoms with Crippen LogP contribution in [0.3, 0.4) is 0 Å². The third-order valence-corrected chi connectivity index (χ3v) is 15.5. The topological polar surface area (TPSA) is 358 Å². The summed E-state index contributed by atoms with van der Waals surface area (Å²) in [5.74, 6) is -4.06. The Labute approximate surface area is 432 Å². The van der Waals surface area contributed by atoms with Gasteiger partial charge in [-0.2, -0.15) is 0 Å². The van der Waals surface area contributed by atoms with E-state index in [2.05, 4.69) is 0 Å². The molecule has 422 valence electrons. The van der Waals surface area contributed by atoms with Crippen LogP contribution in [0.15, 0.2) is 12.1 Å². The van der Waals surface area contributed by atoms with Crippen molar-refractivity contribution in [2.24, 2.45) is 5.92 Å². The molecule has 2 aromatic carbocycles. The standard InChI is InChI=1S/C51H74O24/c1-17-29(71-35-14-30(44(59)21(5)68-35)72-33-12-27(53)42(57)19(3)66-33)11-25-9-24-10-26(50(65-8)49(64)41(56)18(2)52)51(48(63)39(24)47(62)38(25)40(17)55)75-37-16-32(46(61)23(7)70-37)74-36-15-31(45(60)22(6)69-36)73-34-13-28(54)43(58)20(4)67-34/h9,11,18-23,26-28,30-37,41-46,50-62H,10,12-16H2,1-8H3/t18-,19-,20-,21-,22-,23-,26+,27-,28+,30-,31-,32-,33+,34+,35?,36+,37?,41+,42-,43-,44-,45+,46-,50+,51+/m1/s1. The number of fused-ring (bicyclic) bond motifs is 2. The first kappa shape index (κ1) is 57.8. The number of benzene rings is 2. The zero-order valence-electron chi connectivity index (χ0n) is 43.1.